The zero-order valence-corrected chi connectivity index (χ0v) is 12.2. The number of aromatic nitrogens is 2. The van der Waals surface area contributed by atoms with E-state index < -0.39 is 0 Å². The van der Waals surface area contributed by atoms with Crippen molar-refractivity contribution in [1.82, 2.24) is 9.55 Å². The van der Waals surface area contributed by atoms with Gasteiger partial charge in [-0.25, -0.2) is 4.98 Å². The van der Waals surface area contributed by atoms with E-state index in [0.29, 0.717) is 0 Å². The van der Waals surface area contributed by atoms with Crippen LogP contribution < -0.4 is 0 Å². The molecule has 0 amide bonds. The largest absolute Gasteiger partial charge is 0.298 e. The molecule has 102 valence electrons. The molecule has 4 rings (SSSR count). The average molecular weight is 272 g/mol. The van der Waals surface area contributed by atoms with Gasteiger partial charge in [-0.2, -0.15) is 0 Å². The van der Waals surface area contributed by atoms with Crippen LogP contribution in [0, 0.1) is 0 Å². The summed E-state index contributed by atoms with van der Waals surface area (Å²) in [6, 6.07) is 17.0. The third kappa shape index (κ3) is 1.62. The van der Waals surface area contributed by atoms with Crippen molar-refractivity contribution in [1.29, 1.82) is 0 Å². The van der Waals surface area contributed by atoms with Crippen LogP contribution in [-0.2, 0) is 0 Å². The van der Waals surface area contributed by atoms with E-state index >= 15 is 0 Å². The van der Waals surface area contributed by atoms with Crippen molar-refractivity contribution in [3.05, 3.63) is 60.8 Å². The summed E-state index contributed by atoms with van der Waals surface area (Å²) in [6.45, 7) is 4.19. The average Bonchev–Trinajstić information content (AvgIpc) is 2.89. The number of para-hydroxylation sites is 1. The number of rotatable bonds is 1. The maximum Gasteiger partial charge on any atom is 0.145 e. The van der Waals surface area contributed by atoms with E-state index in [2.05, 4.69) is 73.0 Å². The highest BCUT2D eigenvalue weighted by molar-refractivity contribution is 6.20. The van der Waals surface area contributed by atoms with Crippen molar-refractivity contribution in [3.8, 4) is 0 Å². The molecule has 0 N–H and O–H groups in total. The number of pyridine rings is 1. The zero-order chi connectivity index (χ0) is 14.4. The molecule has 0 aliphatic heterocycles. The second-order valence-corrected chi connectivity index (χ2v) is 5.33. The van der Waals surface area contributed by atoms with Crippen molar-refractivity contribution >= 4 is 38.4 Å². The van der Waals surface area contributed by atoms with E-state index in [-0.39, 0.29) is 0 Å². The first-order chi connectivity index (χ1) is 10.3. The molecule has 0 radical (unpaired) electrons. The lowest BCUT2D eigenvalue weighted by Gasteiger charge is -2.06. The molecule has 2 aromatic heterocycles. The summed E-state index contributed by atoms with van der Waals surface area (Å²) >= 11 is 0. The molecule has 0 aliphatic rings. The summed E-state index contributed by atoms with van der Waals surface area (Å²) in [5, 5.41) is 4.95. The van der Waals surface area contributed by atoms with E-state index in [1.165, 1.54) is 32.8 Å². The van der Waals surface area contributed by atoms with Gasteiger partial charge in [0.25, 0.3) is 0 Å². The molecule has 0 fully saturated rings. The minimum atomic E-state index is 1.03. The van der Waals surface area contributed by atoms with Crippen LogP contribution in [0.2, 0.25) is 0 Å². The van der Waals surface area contributed by atoms with Crippen molar-refractivity contribution in [3.63, 3.8) is 0 Å². The fraction of sp³-hybridized carbons (Fsp3) is 0.105. The van der Waals surface area contributed by atoms with E-state index in [4.69, 9.17) is 4.98 Å². The van der Waals surface area contributed by atoms with Gasteiger partial charge < -0.3 is 0 Å². The maximum atomic E-state index is 4.74. The molecule has 21 heavy (non-hydrogen) atoms. The van der Waals surface area contributed by atoms with Gasteiger partial charge in [-0.15, -0.1) is 0 Å². The predicted octanol–water partition coefficient (Wildman–Crippen LogP) is 5.22. The number of nitrogens with zero attached hydrogens (tertiary/aromatic N) is 2. The Labute approximate surface area is 123 Å². The fourth-order valence-corrected chi connectivity index (χ4v) is 3.07. The van der Waals surface area contributed by atoms with Crippen LogP contribution in [-0.4, -0.2) is 9.55 Å². The Kier molecular flexibility index (Phi) is 2.58. The molecule has 2 aromatic carbocycles. The summed E-state index contributed by atoms with van der Waals surface area (Å²) in [7, 11) is 0. The van der Waals surface area contributed by atoms with Crippen LogP contribution >= 0.6 is 0 Å². The van der Waals surface area contributed by atoms with Crippen molar-refractivity contribution in [2.45, 2.75) is 13.8 Å². The molecule has 2 heteroatoms. The highest BCUT2D eigenvalue weighted by Crippen LogP contribution is 2.34. The highest BCUT2D eigenvalue weighted by Gasteiger charge is 2.14. The van der Waals surface area contributed by atoms with E-state index in [1.54, 1.807) is 0 Å². The molecule has 0 saturated carbocycles. The number of fused-ring (bicyclic) bond motifs is 5. The van der Waals surface area contributed by atoms with Gasteiger partial charge in [-0.3, -0.25) is 4.57 Å². The van der Waals surface area contributed by atoms with Crippen molar-refractivity contribution in [2.24, 2.45) is 0 Å². The van der Waals surface area contributed by atoms with Crippen molar-refractivity contribution < 1.29 is 0 Å². The number of benzene rings is 2. The Morgan fingerprint density at radius 1 is 1.00 bits per heavy atom. The molecule has 0 bridgehead atoms. The third-order valence-corrected chi connectivity index (χ3v) is 4.18. The molecule has 0 aliphatic carbocycles. The van der Waals surface area contributed by atoms with Gasteiger partial charge in [0.1, 0.15) is 5.65 Å². The monoisotopic (exact) mass is 272 g/mol. The lowest BCUT2D eigenvalue weighted by atomic mass is 10.1. The standard InChI is InChI=1S/C19H16N2/c1-3-13(2)21-17-11-7-6-10-16(17)18-15-9-5-4-8-14(15)12-20-19(18)21/h3-12H,1-2H3/b13-3+. The first-order valence-corrected chi connectivity index (χ1v) is 7.21. The van der Waals surface area contributed by atoms with Gasteiger partial charge in [0.15, 0.2) is 0 Å². The minimum Gasteiger partial charge on any atom is -0.298 e. The first kappa shape index (κ1) is 12.2. The van der Waals surface area contributed by atoms with Crippen molar-refractivity contribution in [2.75, 3.05) is 0 Å². The Hall–Kier alpha value is -2.61. The molecule has 0 unspecified atom stereocenters. The highest BCUT2D eigenvalue weighted by atomic mass is 15.0. The first-order valence-electron chi connectivity index (χ1n) is 7.21. The Bertz CT molecular complexity index is 1010. The van der Waals surface area contributed by atoms with E-state index in [0.717, 1.165) is 5.65 Å². The van der Waals surface area contributed by atoms with Crippen LogP contribution in [0.25, 0.3) is 38.4 Å². The molecule has 0 atom stereocenters. The molecular weight excluding hydrogens is 256 g/mol. The van der Waals surface area contributed by atoms with Crippen LogP contribution in [0.3, 0.4) is 0 Å². The van der Waals surface area contributed by atoms with Gasteiger partial charge in [0.2, 0.25) is 0 Å². The van der Waals surface area contributed by atoms with E-state index in [9.17, 15) is 0 Å². The molecule has 2 heterocycles. The van der Waals surface area contributed by atoms with Gasteiger partial charge in [-0.1, -0.05) is 48.5 Å². The van der Waals surface area contributed by atoms with Crippen LogP contribution in [0.1, 0.15) is 13.8 Å². The van der Waals surface area contributed by atoms with Crippen LogP contribution in [0.5, 0.6) is 0 Å². The fourth-order valence-electron chi connectivity index (χ4n) is 3.07. The number of hydrogen-bond donors (Lipinski definition) is 0. The lowest BCUT2D eigenvalue weighted by Crippen LogP contribution is -1.94. The van der Waals surface area contributed by atoms with Crippen LogP contribution in [0.4, 0.5) is 0 Å². The number of hydrogen-bond acceptors (Lipinski definition) is 1. The molecule has 2 nitrogen and oxygen atoms in total. The topological polar surface area (TPSA) is 17.8 Å². The van der Waals surface area contributed by atoms with E-state index in [1.807, 2.05) is 6.20 Å². The third-order valence-electron chi connectivity index (χ3n) is 4.18. The summed E-state index contributed by atoms with van der Waals surface area (Å²) in [5.41, 5.74) is 3.45. The Morgan fingerprint density at radius 3 is 2.52 bits per heavy atom. The lowest BCUT2D eigenvalue weighted by molar-refractivity contribution is 1.15. The quantitative estimate of drug-likeness (QED) is 0.464. The Morgan fingerprint density at radius 2 is 1.71 bits per heavy atom. The molecular formula is C19H16N2. The normalized spacial score (nSPS) is 12.6. The van der Waals surface area contributed by atoms with Gasteiger partial charge in [0, 0.05) is 28.1 Å². The maximum absolute atomic E-state index is 4.74. The summed E-state index contributed by atoms with van der Waals surface area (Å²) < 4.78 is 2.25. The second-order valence-electron chi connectivity index (χ2n) is 5.33. The summed E-state index contributed by atoms with van der Waals surface area (Å²) in [5.74, 6) is 0. The SMILES string of the molecule is C/C=C(\C)n1c2ccccc2c2c3ccccc3cnc21. The van der Waals surface area contributed by atoms with Gasteiger partial charge in [-0.05, 0) is 25.3 Å². The Balaban J connectivity index is 2.35. The van der Waals surface area contributed by atoms with Crippen LogP contribution in [0.15, 0.2) is 60.8 Å². The van der Waals surface area contributed by atoms with Gasteiger partial charge in [0.05, 0.1) is 5.52 Å². The zero-order valence-electron chi connectivity index (χ0n) is 12.2. The summed E-state index contributed by atoms with van der Waals surface area (Å²) in [6.07, 6.45) is 4.10. The summed E-state index contributed by atoms with van der Waals surface area (Å²) in [4.78, 5) is 4.74. The predicted molar refractivity (Wildman–Crippen MR) is 90.4 cm³/mol. The minimum absolute atomic E-state index is 1.03. The molecule has 0 spiro atoms. The second kappa shape index (κ2) is 4.45. The molecule has 4 aromatic rings. The molecule has 0 saturated heterocycles. The number of allylic oxidation sites excluding steroid dienone is 2. The van der Waals surface area contributed by atoms with Gasteiger partial charge >= 0.3 is 0 Å². The smallest absolute Gasteiger partial charge is 0.145 e.